The number of carboxylic acid groups (broad SMARTS) is 1. The molecule has 1 aromatic carbocycles. The molecule has 1 aliphatic carbocycles. The molecule has 4 rings (SSSR count). The van der Waals surface area contributed by atoms with Crippen molar-refractivity contribution in [2.24, 2.45) is 17.3 Å². The molecule has 2 saturated heterocycles. The summed E-state index contributed by atoms with van der Waals surface area (Å²) in [6.45, 7) is 3.84. The van der Waals surface area contributed by atoms with Gasteiger partial charge in [-0.3, -0.25) is 9.59 Å². The monoisotopic (exact) mass is 399 g/mol. The van der Waals surface area contributed by atoms with Crippen molar-refractivity contribution < 1.29 is 19.5 Å². The Hall–Kier alpha value is -2.57. The number of carboxylic acids is 1. The van der Waals surface area contributed by atoms with Crippen molar-refractivity contribution in [3.05, 3.63) is 29.8 Å². The second kappa shape index (κ2) is 7.69. The molecule has 1 unspecified atom stereocenters. The molecule has 29 heavy (non-hydrogen) atoms. The van der Waals surface area contributed by atoms with Crippen molar-refractivity contribution in [2.75, 3.05) is 31.5 Å². The highest BCUT2D eigenvalue weighted by Crippen LogP contribution is 2.49. The van der Waals surface area contributed by atoms with Gasteiger partial charge in [0.1, 0.15) is 0 Å². The number of likely N-dealkylation sites (tertiary alicyclic amines) is 2. The molecule has 0 spiro atoms. The van der Waals surface area contributed by atoms with Crippen LogP contribution < -0.4 is 5.32 Å². The second-order valence-corrected chi connectivity index (χ2v) is 8.85. The third kappa shape index (κ3) is 3.70. The SMILES string of the molecule is Cc1cccc(NC(=O)N2CCCC(C(=O)N3C[C@@H]4CCC[C@@]4(C(=O)O)C3)C2)c1. The van der Waals surface area contributed by atoms with E-state index in [-0.39, 0.29) is 23.8 Å². The molecule has 2 N–H and O–H groups in total. The van der Waals surface area contributed by atoms with Gasteiger partial charge in [-0.25, -0.2) is 4.79 Å². The van der Waals surface area contributed by atoms with Crippen LogP contribution in [0.3, 0.4) is 0 Å². The maximum Gasteiger partial charge on any atom is 0.321 e. The van der Waals surface area contributed by atoms with Gasteiger partial charge in [-0.05, 0) is 56.2 Å². The van der Waals surface area contributed by atoms with E-state index < -0.39 is 11.4 Å². The number of hydrogen-bond acceptors (Lipinski definition) is 3. The summed E-state index contributed by atoms with van der Waals surface area (Å²) in [5, 5.41) is 12.7. The van der Waals surface area contributed by atoms with Gasteiger partial charge in [-0.2, -0.15) is 0 Å². The van der Waals surface area contributed by atoms with Gasteiger partial charge < -0.3 is 20.2 Å². The largest absolute Gasteiger partial charge is 0.481 e. The number of aryl methyl sites for hydroxylation is 1. The molecule has 1 aromatic rings. The fourth-order valence-corrected chi connectivity index (χ4v) is 5.35. The van der Waals surface area contributed by atoms with E-state index in [2.05, 4.69) is 5.32 Å². The Bertz CT molecular complexity index is 826. The van der Waals surface area contributed by atoms with Crippen molar-refractivity contribution in [1.82, 2.24) is 9.80 Å². The number of nitrogens with zero attached hydrogens (tertiary/aromatic N) is 2. The summed E-state index contributed by atoms with van der Waals surface area (Å²) in [6.07, 6.45) is 3.99. The van der Waals surface area contributed by atoms with Gasteiger partial charge in [0.25, 0.3) is 0 Å². The number of benzene rings is 1. The van der Waals surface area contributed by atoms with E-state index in [1.54, 1.807) is 9.80 Å². The molecule has 3 fully saturated rings. The molecule has 7 heteroatoms. The molecule has 3 amide bonds. The number of piperidine rings is 1. The fraction of sp³-hybridized carbons (Fsp3) is 0.591. The number of aliphatic carboxylic acids is 1. The van der Waals surface area contributed by atoms with Gasteiger partial charge in [0.15, 0.2) is 0 Å². The van der Waals surface area contributed by atoms with Crippen LogP contribution in [0.15, 0.2) is 24.3 Å². The van der Waals surface area contributed by atoms with Gasteiger partial charge in [0.05, 0.1) is 11.3 Å². The predicted molar refractivity (Wildman–Crippen MR) is 108 cm³/mol. The van der Waals surface area contributed by atoms with Gasteiger partial charge in [0.2, 0.25) is 5.91 Å². The Morgan fingerprint density at radius 3 is 2.69 bits per heavy atom. The van der Waals surface area contributed by atoms with E-state index in [9.17, 15) is 19.5 Å². The van der Waals surface area contributed by atoms with E-state index in [0.717, 1.165) is 36.9 Å². The summed E-state index contributed by atoms with van der Waals surface area (Å²) in [4.78, 5) is 41.2. The van der Waals surface area contributed by atoms with Crippen molar-refractivity contribution in [2.45, 2.75) is 39.0 Å². The minimum atomic E-state index is -0.766. The number of anilines is 1. The molecule has 7 nitrogen and oxygen atoms in total. The normalized spacial score (nSPS) is 28.9. The lowest BCUT2D eigenvalue weighted by Crippen LogP contribution is -2.48. The number of nitrogens with one attached hydrogen (secondary N) is 1. The highest BCUT2D eigenvalue weighted by Gasteiger charge is 2.56. The highest BCUT2D eigenvalue weighted by molar-refractivity contribution is 5.90. The van der Waals surface area contributed by atoms with Gasteiger partial charge in [0, 0.05) is 31.9 Å². The van der Waals surface area contributed by atoms with Crippen LogP contribution in [-0.4, -0.2) is 59.0 Å². The van der Waals surface area contributed by atoms with Gasteiger partial charge >= 0.3 is 12.0 Å². The van der Waals surface area contributed by atoms with E-state index >= 15 is 0 Å². The van der Waals surface area contributed by atoms with E-state index in [0.29, 0.717) is 32.6 Å². The number of rotatable bonds is 3. The lowest BCUT2D eigenvalue weighted by molar-refractivity contribution is -0.149. The lowest BCUT2D eigenvalue weighted by atomic mass is 9.81. The molecule has 0 radical (unpaired) electrons. The summed E-state index contributed by atoms with van der Waals surface area (Å²) in [5.41, 5.74) is 1.06. The summed E-state index contributed by atoms with van der Waals surface area (Å²) in [7, 11) is 0. The van der Waals surface area contributed by atoms with Crippen molar-refractivity contribution in [1.29, 1.82) is 0 Å². The number of hydrogen-bond donors (Lipinski definition) is 2. The first-order valence-electron chi connectivity index (χ1n) is 10.5. The molecule has 156 valence electrons. The van der Waals surface area contributed by atoms with Crippen LogP contribution in [-0.2, 0) is 9.59 Å². The molecular weight excluding hydrogens is 370 g/mol. The Morgan fingerprint density at radius 2 is 1.97 bits per heavy atom. The van der Waals surface area contributed by atoms with Crippen LogP contribution >= 0.6 is 0 Å². The zero-order valence-corrected chi connectivity index (χ0v) is 16.9. The Labute approximate surface area is 171 Å². The minimum absolute atomic E-state index is 0.00748. The van der Waals surface area contributed by atoms with Crippen LogP contribution in [0.1, 0.15) is 37.7 Å². The molecule has 3 aliphatic rings. The van der Waals surface area contributed by atoms with E-state index in [4.69, 9.17) is 0 Å². The minimum Gasteiger partial charge on any atom is -0.481 e. The lowest BCUT2D eigenvalue weighted by Gasteiger charge is -2.34. The van der Waals surface area contributed by atoms with E-state index in [1.807, 2.05) is 31.2 Å². The second-order valence-electron chi connectivity index (χ2n) is 8.85. The third-order valence-electron chi connectivity index (χ3n) is 6.94. The smallest absolute Gasteiger partial charge is 0.321 e. The molecule has 2 heterocycles. The molecule has 2 aliphatic heterocycles. The molecule has 3 atom stereocenters. The van der Waals surface area contributed by atoms with Crippen molar-refractivity contribution >= 4 is 23.6 Å². The predicted octanol–water partition coefficient (Wildman–Crippen LogP) is 2.95. The maximum atomic E-state index is 13.1. The first-order valence-corrected chi connectivity index (χ1v) is 10.5. The fourth-order valence-electron chi connectivity index (χ4n) is 5.35. The van der Waals surface area contributed by atoms with Crippen LogP contribution in [0.5, 0.6) is 0 Å². The first kappa shape index (κ1) is 19.7. The number of carbonyl (C=O) groups is 3. The topological polar surface area (TPSA) is 90.0 Å². The summed E-state index contributed by atoms with van der Waals surface area (Å²) in [6, 6.07) is 7.45. The van der Waals surface area contributed by atoms with Crippen LogP contribution in [0.4, 0.5) is 10.5 Å². The quantitative estimate of drug-likeness (QED) is 0.818. The van der Waals surface area contributed by atoms with Crippen LogP contribution in [0, 0.1) is 24.2 Å². The van der Waals surface area contributed by atoms with Crippen LogP contribution in [0.2, 0.25) is 0 Å². The Kier molecular flexibility index (Phi) is 5.23. The van der Waals surface area contributed by atoms with Crippen molar-refractivity contribution in [3.8, 4) is 0 Å². The zero-order chi connectivity index (χ0) is 20.6. The summed E-state index contributed by atoms with van der Waals surface area (Å²) >= 11 is 0. The third-order valence-corrected chi connectivity index (χ3v) is 6.94. The van der Waals surface area contributed by atoms with Gasteiger partial charge in [-0.15, -0.1) is 0 Å². The summed E-state index contributed by atoms with van der Waals surface area (Å²) in [5.74, 6) is -0.948. The van der Waals surface area contributed by atoms with E-state index in [1.165, 1.54) is 0 Å². The van der Waals surface area contributed by atoms with Gasteiger partial charge in [-0.1, -0.05) is 18.6 Å². The maximum absolute atomic E-state index is 13.1. The number of urea groups is 1. The number of carbonyl (C=O) groups excluding carboxylic acids is 2. The molecule has 1 saturated carbocycles. The summed E-state index contributed by atoms with van der Waals surface area (Å²) < 4.78 is 0. The average Bonchev–Trinajstić information content (AvgIpc) is 3.26. The Balaban J connectivity index is 1.39. The average molecular weight is 399 g/mol. The molecule has 0 bridgehead atoms. The zero-order valence-electron chi connectivity index (χ0n) is 16.9. The Morgan fingerprint density at radius 1 is 1.14 bits per heavy atom. The number of amides is 3. The number of fused-ring (bicyclic) bond motifs is 1. The highest BCUT2D eigenvalue weighted by atomic mass is 16.4. The van der Waals surface area contributed by atoms with Crippen LogP contribution in [0.25, 0.3) is 0 Å². The first-order chi connectivity index (χ1) is 13.9. The molecular formula is C22H29N3O4. The molecule has 0 aromatic heterocycles. The van der Waals surface area contributed by atoms with Crippen molar-refractivity contribution in [3.63, 3.8) is 0 Å². The standard InChI is InChI=1S/C22H29N3O4/c1-15-5-2-8-18(11-15)23-21(29)24-10-4-6-16(12-24)19(26)25-13-17-7-3-9-22(17,14-25)20(27)28/h2,5,8,11,16-17H,3-4,6-7,9-10,12-14H2,1H3,(H,23,29)(H,27,28)/t16?,17-,22+/m0/s1.